The molecule has 2 saturated carbocycles. The maximum Gasteiger partial charge on any atom is 0.355 e. The summed E-state index contributed by atoms with van der Waals surface area (Å²) in [6.45, 7) is 13.6. The third-order valence-corrected chi connectivity index (χ3v) is 14.4. The summed E-state index contributed by atoms with van der Waals surface area (Å²) in [5.74, 6) is -0.791. The fourth-order valence-electron chi connectivity index (χ4n) is 11.5. The molecule has 12 nitrogen and oxygen atoms in total. The summed E-state index contributed by atoms with van der Waals surface area (Å²) in [6.07, 6.45) is 9.65. The van der Waals surface area contributed by atoms with Crippen molar-refractivity contribution in [2.24, 2.45) is 21.4 Å². The lowest BCUT2D eigenvalue weighted by molar-refractivity contribution is -0.0753. The molecule has 8 rings (SSSR count). The van der Waals surface area contributed by atoms with Gasteiger partial charge in [-0.15, -0.1) is 0 Å². The predicted octanol–water partition coefficient (Wildman–Crippen LogP) is 9.44. The van der Waals surface area contributed by atoms with Crippen molar-refractivity contribution in [2.45, 2.75) is 111 Å². The average Bonchev–Trinajstić information content (AvgIpc) is 3.77. The number of fused-ring (bicyclic) bond motifs is 4. The van der Waals surface area contributed by atoms with E-state index in [-0.39, 0.29) is 27.8 Å². The lowest BCUT2D eigenvalue weighted by Crippen LogP contribution is -2.55. The van der Waals surface area contributed by atoms with E-state index in [0.29, 0.717) is 54.6 Å². The van der Waals surface area contributed by atoms with Crippen LogP contribution in [0.4, 0.5) is 10.9 Å². The van der Waals surface area contributed by atoms with E-state index < -0.39 is 11.5 Å². The number of pyridine rings is 1. The van der Waals surface area contributed by atoms with Gasteiger partial charge < -0.3 is 15.3 Å². The Hall–Kier alpha value is -5.01. The van der Waals surface area contributed by atoms with Crippen molar-refractivity contribution in [3.05, 3.63) is 93.3 Å². The molecule has 4 heterocycles. The van der Waals surface area contributed by atoms with Crippen LogP contribution in [0.5, 0.6) is 0 Å². The molecule has 4 unspecified atom stereocenters. The van der Waals surface area contributed by atoms with E-state index >= 15 is 0 Å². The van der Waals surface area contributed by atoms with E-state index in [4.69, 9.17) is 10.1 Å². The SMILES string of the molecule is CCC1(C)CC2(C)CC(C)(Cn3ncc(-c4ccc(N5CCc6cc(CCCNC)cc(C(=O)Nc7nc8ccccc8s7)c6C5)nc4C(=O)O)c3C)CC(N=O)(C1)C2. The number of carboxylic acids is 1. The van der Waals surface area contributed by atoms with Gasteiger partial charge >= 0.3 is 5.97 Å². The molecule has 3 aliphatic rings. The number of carbonyl (C=O) groups is 2. The monoisotopic (exact) mass is 816 g/mol. The van der Waals surface area contributed by atoms with E-state index in [1.165, 1.54) is 11.3 Å². The van der Waals surface area contributed by atoms with Crippen molar-refractivity contribution in [3.8, 4) is 11.1 Å². The van der Waals surface area contributed by atoms with E-state index in [0.717, 1.165) is 89.7 Å². The number of nitrogens with zero attached hydrogens (tertiary/aromatic N) is 6. The summed E-state index contributed by atoms with van der Waals surface area (Å²) in [4.78, 5) is 51.0. The molecule has 2 fully saturated rings. The topological polar surface area (TPSA) is 155 Å². The van der Waals surface area contributed by atoms with Gasteiger partial charge in [-0.1, -0.05) is 68.8 Å². The largest absolute Gasteiger partial charge is 0.476 e. The lowest BCUT2D eigenvalue weighted by atomic mass is 9.46. The quantitative estimate of drug-likeness (QED) is 0.0779. The summed E-state index contributed by atoms with van der Waals surface area (Å²) in [5.41, 5.74) is 5.94. The van der Waals surface area contributed by atoms with Crippen LogP contribution in [0.15, 0.2) is 59.9 Å². The van der Waals surface area contributed by atoms with Crippen LogP contribution in [0.3, 0.4) is 0 Å². The number of benzene rings is 2. The zero-order valence-electron chi connectivity index (χ0n) is 35.2. The minimum atomic E-state index is -1.12. The Balaban J connectivity index is 1.06. The van der Waals surface area contributed by atoms with Crippen molar-refractivity contribution < 1.29 is 14.7 Å². The Morgan fingerprint density at radius 2 is 1.76 bits per heavy atom. The second-order valence-corrected chi connectivity index (χ2v) is 19.8. The summed E-state index contributed by atoms with van der Waals surface area (Å²) in [7, 11) is 1.94. The van der Waals surface area contributed by atoms with Crippen LogP contribution in [0, 0.1) is 28.1 Å². The van der Waals surface area contributed by atoms with Crippen LogP contribution in [0.1, 0.15) is 116 Å². The van der Waals surface area contributed by atoms with E-state index in [9.17, 15) is 19.6 Å². The zero-order valence-corrected chi connectivity index (χ0v) is 36.0. The first-order valence-corrected chi connectivity index (χ1v) is 21.8. The molecule has 3 aromatic heterocycles. The normalized spacial score (nSPS) is 25.2. The van der Waals surface area contributed by atoms with Gasteiger partial charge in [0, 0.05) is 42.0 Å². The van der Waals surface area contributed by atoms with Gasteiger partial charge in [0.25, 0.3) is 5.91 Å². The van der Waals surface area contributed by atoms with Gasteiger partial charge in [-0.3, -0.25) is 14.8 Å². The molecule has 59 heavy (non-hydrogen) atoms. The second kappa shape index (κ2) is 15.5. The number of nitrogens with one attached hydrogen (secondary N) is 2. The highest BCUT2D eigenvalue weighted by Gasteiger charge is 2.59. The maximum atomic E-state index is 14.1. The number of carboxylic acid groups (broad SMARTS) is 1. The molecule has 0 saturated heterocycles. The summed E-state index contributed by atoms with van der Waals surface area (Å²) < 4.78 is 2.98. The highest BCUT2D eigenvalue weighted by molar-refractivity contribution is 7.22. The second-order valence-electron chi connectivity index (χ2n) is 18.8. The Kier molecular flexibility index (Phi) is 10.7. The van der Waals surface area contributed by atoms with E-state index in [1.54, 1.807) is 6.20 Å². The number of para-hydroxylation sites is 1. The van der Waals surface area contributed by atoms with Gasteiger partial charge in [0.05, 0.1) is 16.4 Å². The summed E-state index contributed by atoms with van der Waals surface area (Å²) in [6, 6.07) is 15.8. The third kappa shape index (κ3) is 8.03. The third-order valence-electron chi connectivity index (χ3n) is 13.4. The van der Waals surface area contributed by atoms with Gasteiger partial charge in [0.15, 0.2) is 10.8 Å². The molecule has 1 aliphatic heterocycles. The van der Waals surface area contributed by atoms with Gasteiger partial charge in [0.2, 0.25) is 0 Å². The smallest absolute Gasteiger partial charge is 0.355 e. The average molecular weight is 817 g/mol. The molecule has 3 N–H and O–H groups in total. The first-order chi connectivity index (χ1) is 28.2. The van der Waals surface area contributed by atoms with Crippen LogP contribution < -0.4 is 15.5 Å². The first-order valence-electron chi connectivity index (χ1n) is 21.0. The highest BCUT2D eigenvalue weighted by atomic mass is 32.1. The molecular formula is C46H56N8O4S. The molecule has 310 valence electrons. The molecule has 0 spiro atoms. The number of hydrogen-bond acceptors (Lipinski definition) is 10. The number of anilines is 2. The molecule has 2 bridgehead atoms. The highest BCUT2D eigenvalue weighted by Crippen LogP contribution is 2.64. The Morgan fingerprint density at radius 1 is 0.983 bits per heavy atom. The van der Waals surface area contributed by atoms with Crippen molar-refractivity contribution >= 4 is 44.4 Å². The lowest BCUT2D eigenvalue weighted by Gasteiger charge is -2.59. The van der Waals surface area contributed by atoms with Crippen molar-refractivity contribution in [1.82, 2.24) is 25.1 Å². The summed E-state index contributed by atoms with van der Waals surface area (Å²) >= 11 is 1.45. The van der Waals surface area contributed by atoms with Crippen molar-refractivity contribution in [3.63, 3.8) is 0 Å². The Labute approximate surface area is 350 Å². The Morgan fingerprint density at radius 3 is 2.51 bits per heavy atom. The number of nitroso groups, excluding NO2 is 1. The van der Waals surface area contributed by atoms with Gasteiger partial charge in [0.1, 0.15) is 11.4 Å². The molecule has 13 heteroatoms. The molecule has 2 aromatic carbocycles. The number of thiazole rings is 1. The summed E-state index contributed by atoms with van der Waals surface area (Å²) in [5, 5.41) is 26.1. The molecule has 1 amide bonds. The minimum absolute atomic E-state index is 0.00854. The molecule has 4 atom stereocenters. The fourth-order valence-corrected chi connectivity index (χ4v) is 12.3. The number of aryl methyl sites for hydroxylation is 1. The number of amides is 1. The van der Waals surface area contributed by atoms with Gasteiger partial charge in [-0.2, -0.15) is 10.0 Å². The molecule has 2 aliphatic carbocycles. The number of rotatable bonds is 13. The molecule has 0 radical (unpaired) electrons. The van der Waals surface area contributed by atoms with Gasteiger partial charge in [-0.25, -0.2) is 14.8 Å². The molecule has 5 aromatic rings. The van der Waals surface area contributed by atoms with Crippen LogP contribution in [0.25, 0.3) is 21.3 Å². The predicted molar refractivity (Wildman–Crippen MR) is 234 cm³/mol. The first kappa shape index (κ1) is 40.8. The zero-order chi connectivity index (χ0) is 41.7. The standard InChI is InChI=1S/C46H56N8O4S/c1-7-43(3)23-44(4)24-45(5,27-46(25-43,26-44)52-58)28-54-29(2)34(21-48-54)32-14-15-38(50-39(32)41(56)57)53-18-16-31-19-30(11-10-17-47-6)20-33(35(31)22-53)40(55)51-42-49-36-12-8-9-13-37(36)59-42/h8-9,12-15,19-21,47H,7,10-11,16-18,22-28H2,1-6H3,(H,56,57)(H,49,51,55). The van der Waals surface area contributed by atoms with Crippen LogP contribution in [0.2, 0.25) is 0 Å². The number of aromatic nitrogens is 4. The number of hydrogen-bond donors (Lipinski definition) is 3. The minimum Gasteiger partial charge on any atom is -0.476 e. The Bertz CT molecular complexity index is 2410. The van der Waals surface area contributed by atoms with E-state index in [2.05, 4.69) is 59.5 Å². The number of aromatic carboxylic acids is 1. The van der Waals surface area contributed by atoms with Crippen molar-refractivity contribution in [2.75, 3.05) is 30.4 Å². The molecular weight excluding hydrogens is 761 g/mol. The van der Waals surface area contributed by atoms with Crippen molar-refractivity contribution in [1.29, 1.82) is 0 Å². The van der Waals surface area contributed by atoms with Gasteiger partial charge in [-0.05, 0) is 135 Å². The van der Waals surface area contributed by atoms with E-state index in [1.807, 2.05) is 61.1 Å². The van der Waals surface area contributed by atoms with Crippen LogP contribution >= 0.6 is 11.3 Å². The van der Waals surface area contributed by atoms with Crippen LogP contribution in [-0.2, 0) is 25.9 Å². The fraction of sp³-hybridized carbons (Fsp3) is 0.500. The number of carbonyl (C=O) groups excluding carboxylic acids is 1. The van der Waals surface area contributed by atoms with Crippen LogP contribution in [-0.4, -0.2) is 62.4 Å². The maximum absolute atomic E-state index is 14.1.